The lowest BCUT2D eigenvalue weighted by molar-refractivity contribution is -0.119. The Labute approximate surface area is 153 Å². The first kappa shape index (κ1) is 20.0. The van der Waals surface area contributed by atoms with E-state index in [0.717, 1.165) is 12.1 Å². The van der Waals surface area contributed by atoms with Crippen LogP contribution in [-0.2, 0) is 9.53 Å². The maximum Gasteiger partial charge on any atom is 0.342 e. The minimum Gasteiger partial charge on any atom is -0.493 e. The molecule has 0 aliphatic carbocycles. The van der Waals surface area contributed by atoms with Crippen LogP contribution >= 0.6 is 0 Å². The number of carbonyl (C=O) groups is 2. The third-order valence-corrected chi connectivity index (χ3v) is 3.46. The predicted molar refractivity (Wildman–Crippen MR) is 91.4 cm³/mol. The number of nitrogens with one attached hydrogen (secondary N) is 1. The van der Waals surface area contributed by atoms with Crippen LogP contribution in [0.2, 0.25) is 0 Å². The van der Waals surface area contributed by atoms with E-state index < -0.39 is 30.1 Å². The summed E-state index contributed by atoms with van der Waals surface area (Å²) in [5.74, 6) is -2.78. The molecule has 0 aromatic heterocycles. The summed E-state index contributed by atoms with van der Waals surface area (Å²) >= 11 is 0. The minimum atomic E-state index is -0.948. The molecule has 0 fully saturated rings. The lowest BCUT2D eigenvalue weighted by Crippen LogP contribution is -2.21. The number of hydrogen-bond donors (Lipinski definition) is 1. The van der Waals surface area contributed by atoms with E-state index in [1.807, 2.05) is 0 Å². The second-order valence-corrected chi connectivity index (χ2v) is 5.13. The lowest BCUT2D eigenvalue weighted by Gasteiger charge is -2.15. The zero-order chi connectivity index (χ0) is 20.0. The van der Waals surface area contributed by atoms with E-state index in [9.17, 15) is 18.4 Å². The van der Waals surface area contributed by atoms with Crippen molar-refractivity contribution in [1.29, 1.82) is 0 Å². The van der Waals surface area contributed by atoms with Crippen LogP contribution in [0.5, 0.6) is 17.2 Å². The van der Waals surface area contributed by atoms with E-state index in [-0.39, 0.29) is 22.7 Å². The topological polar surface area (TPSA) is 83.1 Å². The number of anilines is 1. The summed E-state index contributed by atoms with van der Waals surface area (Å²) < 4.78 is 46.8. The van der Waals surface area contributed by atoms with Crippen molar-refractivity contribution in [1.82, 2.24) is 0 Å². The smallest absolute Gasteiger partial charge is 0.342 e. The van der Waals surface area contributed by atoms with E-state index in [0.29, 0.717) is 11.8 Å². The Hall–Kier alpha value is -3.36. The highest BCUT2D eigenvalue weighted by Gasteiger charge is 2.22. The molecule has 9 heteroatoms. The summed E-state index contributed by atoms with van der Waals surface area (Å²) in [5.41, 5.74) is -0.225. The summed E-state index contributed by atoms with van der Waals surface area (Å²) in [6, 6.07) is 5.53. The maximum absolute atomic E-state index is 13.5. The summed E-state index contributed by atoms with van der Waals surface area (Å²) in [6.45, 7) is -0.687. The number of amides is 1. The molecule has 0 unspecified atom stereocenters. The van der Waals surface area contributed by atoms with Gasteiger partial charge in [0.1, 0.15) is 17.2 Å². The van der Waals surface area contributed by atoms with E-state index in [4.69, 9.17) is 18.9 Å². The molecule has 0 radical (unpaired) electrons. The highest BCUT2D eigenvalue weighted by molar-refractivity contribution is 5.97. The Morgan fingerprint density at radius 1 is 0.963 bits per heavy atom. The average Bonchev–Trinajstić information content (AvgIpc) is 2.66. The third kappa shape index (κ3) is 4.63. The third-order valence-electron chi connectivity index (χ3n) is 3.46. The fraction of sp³-hybridized carbons (Fsp3) is 0.222. The van der Waals surface area contributed by atoms with E-state index in [1.165, 1.54) is 33.5 Å². The SMILES string of the molecule is COc1ccc(C(=O)OCC(=O)Nc2ccc(F)cc2F)c(OC)c1OC. The van der Waals surface area contributed by atoms with Crippen LogP contribution in [0.1, 0.15) is 10.4 Å². The molecule has 7 nitrogen and oxygen atoms in total. The minimum absolute atomic E-state index is 0.0101. The number of halogens is 2. The second kappa shape index (κ2) is 8.84. The van der Waals surface area contributed by atoms with Crippen molar-refractivity contribution in [2.24, 2.45) is 0 Å². The van der Waals surface area contributed by atoms with Gasteiger partial charge in [-0.15, -0.1) is 0 Å². The molecule has 27 heavy (non-hydrogen) atoms. The van der Waals surface area contributed by atoms with E-state index >= 15 is 0 Å². The van der Waals surface area contributed by atoms with Crippen molar-refractivity contribution >= 4 is 17.6 Å². The van der Waals surface area contributed by atoms with Gasteiger partial charge in [-0.25, -0.2) is 13.6 Å². The van der Waals surface area contributed by atoms with Gasteiger partial charge in [0.05, 0.1) is 27.0 Å². The van der Waals surface area contributed by atoms with Crippen molar-refractivity contribution < 1.29 is 37.3 Å². The highest BCUT2D eigenvalue weighted by atomic mass is 19.1. The van der Waals surface area contributed by atoms with Crippen LogP contribution in [-0.4, -0.2) is 39.8 Å². The Kier molecular flexibility index (Phi) is 6.53. The van der Waals surface area contributed by atoms with Gasteiger partial charge in [-0.3, -0.25) is 4.79 Å². The van der Waals surface area contributed by atoms with Crippen molar-refractivity contribution in [2.75, 3.05) is 33.3 Å². The van der Waals surface area contributed by atoms with Gasteiger partial charge >= 0.3 is 5.97 Å². The normalized spacial score (nSPS) is 10.1. The van der Waals surface area contributed by atoms with Crippen LogP contribution < -0.4 is 19.5 Å². The van der Waals surface area contributed by atoms with Gasteiger partial charge in [0, 0.05) is 6.07 Å². The first-order valence-electron chi connectivity index (χ1n) is 7.62. The molecule has 0 spiro atoms. The van der Waals surface area contributed by atoms with Crippen molar-refractivity contribution in [3.63, 3.8) is 0 Å². The van der Waals surface area contributed by atoms with Crippen molar-refractivity contribution in [2.45, 2.75) is 0 Å². The zero-order valence-electron chi connectivity index (χ0n) is 14.8. The molecule has 0 saturated heterocycles. The molecular formula is C18H17F2NO6. The molecule has 2 rings (SSSR count). The highest BCUT2D eigenvalue weighted by Crippen LogP contribution is 2.39. The summed E-state index contributed by atoms with van der Waals surface area (Å²) in [4.78, 5) is 24.1. The summed E-state index contributed by atoms with van der Waals surface area (Å²) in [7, 11) is 4.13. The largest absolute Gasteiger partial charge is 0.493 e. The molecule has 0 saturated carbocycles. The Morgan fingerprint density at radius 3 is 2.26 bits per heavy atom. The summed E-state index contributed by atoms with van der Waals surface area (Å²) in [5, 5.41) is 2.18. The van der Waals surface area contributed by atoms with Crippen molar-refractivity contribution in [3.8, 4) is 17.2 Å². The number of hydrogen-bond acceptors (Lipinski definition) is 6. The van der Waals surface area contributed by atoms with Crippen LogP contribution in [0.15, 0.2) is 30.3 Å². The van der Waals surface area contributed by atoms with Gasteiger partial charge in [0.25, 0.3) is 5.91 Å². The van der Waals surface area contributed by atoms with Crippen LogP contribution in [0.25, 0.3) is 0 Å². The molecule has 144 valence electrons. The predicted octanol–water partition coefficient (Wildman–Crippen LogP) is 2.79. The molecule has 0 aliphatic heterocycles. The van der Waals surface area contributed by atoms with Gasteiger partial charge in [-0.05, 0) is 24.3 Å². The molecule has 0 atom stereocenters. The van der Waals surface area contributed by atoms with E-state index in [1.54, 1.807) is 0 Å². The molecule has 2 aromatic rings. The van der Waals surface area contributed by atoms with Crippen LogP contribution in [0.4, 0.5) is 14.5 Å². The van der Waals surface area contributed by atoms with E-state index in [2.05, 4.69) is 5.32 Å². The lowest BCUT2D eigenvalue weighted by atomic mass is 10.1. The van der Waals surface area contributed by atoms with Gasteiger partial charge in [0.15, 0.2) is 18.1 Å². The quantitative estimate of drug-likeness (QED) is 0.743. The molecule has 1 N–H and O–H groups in total. The zero-order valence-corrected chi connectivity index (χ0v) is 14.8. The standard InChI is InChI=1S/C18H17F2NO6/c1-24-14-7-5-11(16(25-2)17(14)26-3)18(23)27-9-15(22)21-13-6-4-10(19)8-12(13)20/h4-8H,9H2,1-3H3,(H,21,22). The molecule has 2 aromatic carbocycles. The number of rotatable bonds is 7. The molecule has 1 amide bonds. The Balaban J connectivity index is 2.08. The molecule has 0 bridgehead atoms. The first-order chi connectivity index (χ1) is 12.9. The summed E-state index contributed by atoms with van der Waals surface area (Å²) in [6.07, 6.45) is 0. The number of carbonyl (C=O) groups excluding carboxylic acids is 2. The Morgan fingerprint density at radius 2 is 1.67 bits per heavy atom. The number of ether oxygens (including phenoxy) is 4. The number of benzene rings is 2. The van der Waals surface area contributed by atoms with Crippen LogP contribution in [0, 0.1) is 11.6 Å². The first-order valence-corrected chi connectivity index (χ1v) is 7.62. The molecule has 0 aliphatic rings. The maximum atomic E-state index is 13.5. The fourth-order valence-corrected chi connectivity index (χ4v) is 2.25. The van der Waals surface area contributed by atoms with Crippen molar-refractivity contribution in [3.05, 3.63) is 47.5 Å². The average molecular weight is 381 g/mol. The Bertz CT molecular complexity index is 856. The fourth-order valence-electron chi connectivity index (χ4n) is 2.25. The van der Waals surface area contributed by atoms with Gasteiger partial charge < -0.3 is 24.3 Å². The van der Waals surface area contributed by atoms with Crippen LogP contribution in [0.3, 0.4) is 0 Å². The number of esters is 1. The molecule has 0 heterocycles. The monoisotopic (exact) mass is 381 g/mol. The van der Waals surface area contributed by atoms with Gasteiger partial charge in [-0.2, -0.15) is 0 Å². The second-order valence-electron chi connectivity index (χ2n) is 5.13. The van der Waals surface area contributed by atoms with Gasteiger partial charge in [-0.1, -0.05) is 0 Å². The van der Waals surface area contributed by atoms with Gasteiger partial charge in [0.2, 0.25) is 5.75 Å². The molecular weight excluding hydrogens is 364 g/mol. The number of methoxy groups -OCH3 is 3.